The van der Waals surface area contributed by atoms with Crippen LogP contribution in [0.4, 0.5) is 132 Å². The molecule has 0 aliphatic heterocycles. The summed E-state index contributed by atoms with van der Waals surface area (Å²) in [5.41, 5.74) is 0. The first-order valence-corrected chi connectivity index (χ1v) is 12.2. The molecule has 0 radical (unpaired) electrons. The molecule has 0 saturated carbocycles. The van der Waals surface area contributed by atoms with Gasteiger partial charge in [-0.15, -0.1) is 13.2 Å². The van der Waals surface area contributed by atoms with E-state index >= 15 is 0 Å². The van der Waals surface area contributed by atoms with Crippen molar-refractivity contribution in [3.63, 3.8) is 0 Å². The average Bonchev–Trinajstić information content (AvgIpc) is 2.94. The Morgan fingerprint density at radius 3 is 0.642 bits per heavy atom. The molecule has 0 amide bonds. The van der Waals surface area contributed by atoms with Crippen LogP contribution in [0.5, 0.6) is 0 Å². The van der Waals surface area contributed by atoms with Gasteiger partial charge >= 0.3 is 83.4 Å². The first kappa shape index (κ1) is 50.3. The van der Waals surface area contributed by atoms with Crippen LogP contribution in [-0.2, 0) is 4.74 Å². The van der Waals surface area contributed by atoms with E-state index in [4.69, 9.17) is 0 Å². The van der Waals surface area contributed by atoms with Gasteiger partial charge in [-0.25, -0.2) is 0 Å². The van der Waals surface area contributed by atoms with Gasteiger partial charge in [0.15, 0.2) is 0 Å². The Morgan fingerprint density at radius 2 is 0.472 bits per heavy atom. The fourth-order valence-corrected chi connectivity index (χ4v) is 3.44. The molecule has 0 N–H and O–H groups in total. The van der Waals surface area contributed by atoms with Crippen LogP contribution >= 0.6 is 0 Å². The van der Waals surface area contributed by atoms with Gasteiger partial charge in [-0.3, -0.25) is 0 Å². The predicted molar refractivity (Wildman–Crippen MR) is 110 cm³/mol. The summed E-state index contributed by atoms with van der Waals surface area (Å²) in [7, 11) is 0. The van der Waals surface area contributed by atoms with E-state index in [1.165, 1.54) is 0 Å². The smallest absolute Gasteiger partial charge is 0.361 e. The van der Waals surface area contributed by atoms with Gasteiger partial charge in [0.05, 0.1) is 0 Å². The van der Waals surface area contributed by atoms with E-state index in [1.54, 1.807) is 0 Å². The molecule has 0 aliphatic rings. The molecule has 316 valence electrons. The minimum absolute atomic E-state index is 0.554. The Kier molecular flexibility index (Phi) is 12.8. The van der Waals surface area contributed by atoms with E-state index in [2.05, 4.69) is 17.9 Å². The van der Waals surface area contributed by atoms with Crippen LogP contribution in [0.2, 0.25) is 0 Å². The van der Waals surface area contributed by atoms with Crippen molar-refractivity contribution in [1.82, 2.24) is 0 Å². The van der Waals surface area contributed by atoms with Gasteiger partial charge in [-0.1, -0.05) is 12.2 Å². The highest BCUT2D eigenvalue weighted by Crippen LogP contribution is 2.65. The maximum atomic E-state index is 14.7. The SMILES string of the molecule is C=CCC(OC(CC=C)C(F)(F)C(F)(F)C(F)(F)C(F)(F)C(F)(F)C(F)(F)C(F)(F)F)C(F)(F)C(F)(F)C(F)(F)C(F)(F)C(F)(F)C(F)(F)C(F)(F)F. The second-order valence-corrected chi connectivity index (χ2v) is 10.1. The number of halogens is 30. The van der Waals surface area contributed by atoms with E-state index in [0.717, 1.165) is 0 Å². The third-order valence-corrected chi connectivity index (χ3v) is 6.60. The number of alkyl halides is 30. The normalized spacial score (nSPS) is 17.5. The summed E-state index contributed by atoms with van der Waals surface area (Å²) < 4.78 is 410. The molecule has 0 saturated heterocycles. The second-order valence-electron chi connectivity index (χ2n) is 10.1. The molecule has 2 atom stereocenters. The first-order chi connectivity index (χ1) is 22.6. The lowest BCUT2D eigenvalue weighted by molar-refractivity contribution is -0.461. The molecule has 0 heterocycles. The molecule has 1 nitrogen and oxygen atoms in total. The number of hydrogen-bond donors (Lipinski definition) is 0. The Morgan fingerprint density at radius 1 is 0.302 bits per heavy atom. The van der Waals surface area contributed by atoms with Crippen molar-refractivity contribution in [3.05, 3.63) is 25.3 Å². The molecule has 0 aromatic carbocycles. The second kappa shape index (κ2) is 13.5. The van der Waals surface area contributed by atoms with Crippen LogP contribution in [0.3, 0.4) is 0 Å². The maximum absolute atomic E-state index is 14.7. The molecule has 2 unspecified atom stereocenters. The summed E-state index contributed by atoms with van der Waals surface area (Å²) in [6.07, 6.45) is -33.4. The van der Waals surface area contributed by atoms with E-state index < -0.39 is 121 Å². The van der Waals surface area contributed by atoms with Gasteiger partial charge in [0.25, 0.3) is 0 Å². The Hall–Kier alpha value is -2.66. The standard InChI is InChI=1S/C22H12F30O/c1-3-5-7(9(23,24)11(27,28)13(31,32)15(35,36)17(39,40)19(43,44)21(47,48)49)53-8(6-4-2)10(25,26)12(29,30)14(33,34)16(37,38)18(41,42)20(45,46)22(50,51)52/h3-4,7-8H,1-2,5-6H2. The molecule has 0 rings (SSSR count). The fraction of sp³-hybridized carbons (Fsp3) is 0.818. The minimum Gasteiger partial charge on any atom is -0.361 e. The zero-order chi connectivity index (χ0) is 43.7. The Balaban J connectivity index is 7.54. The molecule has 0 fully saturated rings. The van der Waals surface area contributed by atoms with Gasteiger partial charge in [0, 0.05) is 0 Å². The van der Waals surface area contributed by atoms with Gasteiger partial charge in [0.1, 0.15) is 12.2 Å². The summed E-state index contributed by atoms with van der Waals surface area (Å²) in [4.78, 5) is 0. The van der Waals surface area contributed by atoms with Crippen LogP contribution in [-0.4, -0.2) is 95.6 Å². The van der Waals surface area contributed by atoms with E-state index in [9.17, 15) is 132 Å². The summed E-state index contributed by atoms with van der Waals surface area (Å²) in [5, 5.41) is 0. The predicted octanol–water partition coefficient (Wildman–Crippen LogP) is 11.6. The number of hydrogen-bond acceptors (Lipinski definition) is 1. The largest absolute Gasteiger partial charge is 0.460 e. The lowest BCUT2D eigenvalue weighted by Gasteiger charge is -2.45. The maximum Gasteiger partial charge on any atom is 0.460 e. The average molecular weight is 862 g/mol. The Bertz CT molecular complexity index is 1200. The van der Waals surface area contributed by atoms with Gasteiger partial charge < -0.3 is 4.74 Å². The van der Waals surface area contributed by atoms with E-state index in [-0.39, 0.29) is 0 Å². The highest BCUT2D eigenvalue weighted by atomic mass is 19.4. The lowest BCUT2D eigenvalue weighted by Crippen LogP contribution is -2.74. The zero-order valence-corrected chi connectivity index (χ0v) is 23.9. The quantitative estimate of drug-likeness (QED) is 0.0985. The summed E-state index contributed by atoms with van der Waals surface area (Å²) in [5.74, 6) is -104. The highest BCUT2D eigenvalue weighted by molar-refractivity contribution is 5.17. The van der Waals surface area contributed by atoms with Gasteiger partial charge in [-0.05, 0) is 12.8 Å². The molecule has 0 aromatic rings. The summed E-state index contributed by atoms with van der Waals surface area (Å²) >= 11 is 0. The third kappa shape index (κ3) is 6.82. The van der Waals surface area contributed by atoms with Crippen molar-refractivity contribution in [2.24, 2.45) is 0 Å². The fourth-order valence-electron chi connectivity index (χ4n) is 3.44. The van der Waals surface area contributed by atoms with Crippen LogP contribution in [0.25, 0.3) is 0 Å². The molecule has 0 aliphatic carbocycles. The topological polar surface area (TPSA) is 9.23 Å². The zero-order valence-electron chi connectivity index (χ0n) is 23.9. The molecular formula is C22H12F30O. The van der Waals surface area contributed by atoms with Gasteiger partial charge in [0.2, 0.25) is 0 Å². The molecule has 0 aromatic heterocycles. The molecule has 0 spiro atoms. The summed E-state index contributed by atoms with van der Waals surface area (Å²) in [6.45, 7) is 4.50. The van der Waals surface area contributed by atoms with Crippen molar-refractivity contribution >= 4 is 0 Å². The van der Waals surface area contributed by atoms with Crippen LogP contribution in [0.15, 0.2) is 25.3 Å². The van der Waals surface area contributed by atoms with Crippen LogP contribution < -0.4 is 0 Å². The summed E-state index contributed by atoms with van der Waals surface area (Å²) in [6, 6.07) is 0. The lowest BCUT2D eigenvalue weighted by atomic mass is 9.87. The monoisotopic (exact) mass is 862 g/mol. The number of ether oxygens (including phenoxy) is 1. The van der Waals surface area contributed by atoms with E-state index in [0.29, 0.717) is 0 Å². The Labute approximate surface area is 271 Å². The minimum atomic E-state index is -9.06. The van der Waals surface area contributed by atoms with Crippen LogP contribution in [0.1, 0.15) is 12.8 Å². The van der Waals surface area contributed by atoms with E-state index in [1.807, 2.05) is 0 Å². The van der Waals surface area contributed by atoms with Crippen molar-refractivity contribution < 1.29 is 136 Å². The van der Waals surface area contributed by atoms with Crippen molar-refractivity contribution in [1.29, 1.82) is 0 Å². The molecule has 0 bridgehead atoms. The number of rotatable bonds is 18. The molecule has 31 heteroatoms. The van der Waals surface area contributed by atoms with Crippen LogP contribution in [0, 0.1) is 0 Å². The molecular weight excluding hydrogens is 850 g/mol. The van der Waals surface area contributed by atoms with Gasteiger partial charge in [-0.2, -0.15) is 132 Å². The van der Waals surface area contributed by atoms with Crippen molar-refractivity contribution in [3.8, 4) is 0 Å². The molecule has 53 heavy (non-hydrogen) atoms. The van der Waals surface area contributed by atoms with Crippen molar-refractivity contribution in [2.75, 3.05) is 0 Å². The van der Waals surface area contributed by atoms with Crippen molar-refractivity contribution in [2.45, 2.75) is 108 Å². The third-order valence-electron chi connectivity index (χ3n) is 6.60. The first-order valence-electron chi connectivity index (χ1n) is 12.2. The highest BCUT2D eigenvalue weighted by Gasteiger charge is 2.95.